The molecule has 0 saturated carbocycles. The molecule has 130 valence electrons. The first-order valence-electron chi connectivity index (χ1n) is 7.92. The number of benzene rings is 2. The van der Waals surface area contributed by atoms with Gasteiger partial charge in [-0.25, -0.2) is 9.82 Å². The van der Waals surface area contributed by atoms with Gasteiger partial charge in [-0.2, -0.15) is 5.10 Å². The van der Waals surface area contributed by atoms with Crippen molar-refractivity contribution in [2.24, 2.45) is 5.10 Å². The van der Waals surface area contributed by atoms with E-state index in [1.54, 1.807) is 6.07 Å². The lowest BCUT2D eigenvalue weighted by Crippen LogP contribution is -2.24. The molecular weight excluding hydrogens is 321 g/mol. The Hall–Kier alpha value is -3.02. The molecule has 0 bridgehead atoms. The Morgan fingerprint density at radius 3 is 2.40 bits per heavy atom. The van der Waals surface area contributed by atoms with Gasteiger partial charge in [-0.05, 0) is 29.2 Å². The van der Waals surface area contributed by atoms with E-state index < -0.39 is 24.1 Å². The van der Waals surface area contributed by atoms with Gasteiger partial charge in [-0.1, -0.05) is 50.2 Å². The molecule has 0 aliphatic rings. The quantitative estimate of drug-likeness (QED) is 0.480. The van der Waals surface area contributed by atoms with Gasteiger partial charge in [-0.15, -0.1) is 0 Å². The van der Waals surface area contributed by atoms with Gasteiger partial charge in [0, 0.05) is 0 Å². The molecule has 6 heteroatoms. The van der Waals surface area contributed by atoms with E-state index in [9.17, 15) is 14.0 Å². The summed E-state index contributed by atoms with van der Waals surface area (Å²) < 4.78 is 13.4. The van der Waals surface area contributed by atoms with E-state index in [2.05, 4.69) is 29.7 Å². The lowest BCUT2D eigenvalue weighted by Gasteiger charge is -2.05. The number of nitrogens with one attached hydrogen (secondary N) is 2. The largest absolute Gasteiger partial charge is 0.323 e. The van der Waals surface area contributed by atoms with Crippen LogP contribution in [0.3, 0.4) is 0 Å². The monoisotopic (exact) mass is 341 g/mol. The third kappa shape index (κ3) is 5.84. The summed E-state index contributed by atoms with van der Waals surface area (Å²) in [6.07, 6.45) is 1.05. The number of rotatable bonds is 6. The van der Waals surface area contributed by atoms with Crippen molar-refractivity contribution in [2.75, 3.05) is 5.32 Å². The number of hydrogen-bond acceptors (Lipinski definition) is 3. The second kappa shape index (κ2) is 8.73. The van der Waals surface area contributed by atoms with E-state index in [-0.39, 0.29) is 5.69 Å². The van der Waals surface area contributed by atoms with Crippen molar-refractivity contribution in [1.29, 1.82) is 0 Å². The zero-order valence-corrected chi connectivity index (χ0v) is 14.1. The molecule has 0 spiro atoms. The van der Waals surface area contributed by atoms with Gasteiger partial charge >= 0.3 is 0 Å². The normalized spacial score (nSPS) is 10.9. The molecule has 2 amide bonds. The molecule has 2 rings (SSSR count). The standard InChI is InChI=1S/C19H20FN3O2/c1-13(2)15-9-7-14(8-10-15)12-21-23-19(25)11-18(24)22-17-6-4-3-5-16(17)20/h3-10,12-13H,11H2,1-2H3,(H,22,24)(H,23,25). The molecule has 2 N–H and O–H groups in total. The number of carbonyl (C=O) groups is 2. The van der Waals surface area contributed by atoms with Crippen LogP contribution in [0, 0.1) is 5.82 Å². The third-order valence-electron chi connectivity index (χ3n) is 3.48. The van der Waals surface area contributed by atoms with E-state index in [1.807, 2.05) is 24.3 Å². The van der Waals surface area contributed by atoms with Gasteiger partial charge in [-0.3, -0.25) is 9.59 Å². The summed E-state index contributed by atoms with van der Waals surface area (Å²) >= 11 is 0. The van der Waals surface area contributed by atoms with Gasteiger partial charge in [0.1, 0.15) is 12.2 Å². The van der Waals surface area contributed by atoms with Crippen molar-refractivity contribution in [3.8, 4) is 0 Å². The van der Waals surface area contributed by atoms with Crippen LogP contribution in [-0.2, 0) is 9.59 Å². The first kappa shape index (κ1) is 18.3. The number of nitrogens with zero attached hydrogens (tertiary/aromatic N) is 1. The number of anilines is 1. The van der Waals surface area contributed by atoms with E-state index in [0.717, 1.165) is 5.56 Å². The molecule has 0 radical (unpaired) electrons. The lowest BCUT2D eigenvalue weighted by molar-refractivity contribution is -0.126. The Labute approximate surface area is 145 Å². The highest BCUT2D eigenvalue weighted by Crippen LogP contribution is 2.14. The minimum atomic E-state index is -0.612. The van der Waals surface area contributed by atoms with Gasteiger partial charge in [0.15, 0.2) is 0 Å². The maximum atomic E-state index is 13.4. The topological polar surface area (TPSA) is 70.6 Å². The van der Waals surface area contributed by atoms with E-state index in [0.29, 0.717) is 5.92 Å². The number of hydrazone groups is 1. The third-order valence-corrected chi connectivity index (χ3v) is 3.48. The highest BCUT2D eigenvalue weighted by molar-refractivity contribution is 6.03. The lowest BCUT2D eigenvalue weighted by atomic mass is 10.0. The highest BCUT2D eigenvalue weighted by atomic mass is 19.1. The maximum Gasteiger partial charge on any atom is 0.249 e. The number of halogens is 1. The SMILES string of the molecule is CC(C)c1ccc(C=NNC(=O)CC(=O)Nc2ccccc2F)cc1. The molecular formula is C19H20FN3O2. The number of amides is 2. The molecule has 0 fully saturated rings. The number of carbonyl (C=O) groups excluding carboxylic acids is 2. The Morgan fingerprint density at radius 2 is 1.76 bits per heavy atom. The van der Waals surface area contributed by atoms with Crippen molar-refractivity contribution < 1.29 is 14.0 Å². The molecule has 2 aromatic rings. The van der Waals surface area contributed by atoms with Crippen LogP contribution in [0.2, 0.25) is 0 Å². The molecule has 0 aliphatic heterocycles. The van der Waals surface area contributed by atoms with Crippen molar-refractivity contribution in [3.05, 3.63) is 65.5 Å². The summed E-state index contributed by atoms with van der Waals surface area (Å²) in [7, 11) is 0. The Kier molecular flexibility index (Phi) is 6.39. The fourth-order valence-electron chi connectivity index (χ4n) is 2.09. The van der Waals surface area contributed by atoms with Crippen LogP contribution in [-0.4, -0.2) is 18.0 Å². The molecule has 0 aliphatic carbocycles. The minimum absolute atomic E-state index is 0.0362. The molecule has 0 unspecified atom stereocenters. The Bertz CT molecular complexity index is 770. The maximum absolute atomic E-state index is 13.4. The molecule has 0 heterocycles. The zero-order chi connectivity index (χ0) is 18.2. The molecule has 25 heavy (non-hydrogen) atoms. The van der Waals surface area contributed by atoms with E-state index in [1.165, 1.54) is 30.0 Å². The van der Waals surface area contributed by atoms with E-state index in [4.69, 9.17) is 0 Å². The first-order chi connectivity index (χ1) is 12.0. The van der Waals surface area contributed by atoms with Gasteiger partial charge in [0.05, 0.1) is 11.9 Å². The summed E-state index contributed by atoms with van der Waals surface area (Å²) in [4.78, 5) is 23.4. The molecule has 2 aromatic carbocycles. The van der Waals surface area contributed by atoms with Crippen LogP contribution in [0.1, 0.15) is 37.3 Å². The smallest absolute Gasteiger partial charge is 0.249 e. The average Bonchev–Trinajstić information content (AvgIpc) is 2.57. The molecule has 0 aromatic heterocycles. The Morgan fingerprint density at radius 1 is 1.08 bits per heavy atom. The number of hydrogen-bond donors (Lipinski definition) is 2. The summed E-state index contributed by atoms with van der Waals surface area (Å²) in [6.45, 7) is 4.21. The van der Waals surface area contributed by atoms with Crippen LogP contribution in [0.5, 0.6) is 0 Å². The zero-order valence-electron chi connectivity index (χ0n) is 14.1. The highest BCUT2D eigenvalue weighted by Gasteiger charge is 2.10. The number of para-hydroxylation sites is 1. The van der Waals surface area contributed by atoms with Crippen LogP contribution >= 0.6 is 0 Å². The predicted octanol–water partition coefficient (Wildman–Crippen LogP) is 3.43. The predicted molar refractivity (Wildman–Crippen MR) is 95.9 cm³/mol. The first-order valence-corrected chi connectivity index (χ1v) is 7.92. The Balaban J connectivity index is 1.81. The van der Waals surface area contributed by atoms with Crippen LogP contribution in [0.4, 0.5) is 10.1 Å². The van der Waals surface area contributed by atoms with Gasteiger partial charge in [0.2, 0.25) is 11.8 Å². The molecule has 5 nitrogen and oxygen atoms in total. The minimum Gasteiger partial charge on any atom is -0.323 e. The molecule has 0 saturated heterocycles. The summed E-state index contributed by atoms with van der Waals surface area (Å²) in [6, 6.07) is 13.5. The summed E-state index contributed by atoms with van der Waals surface area (Å²) in [5.41, 5.74) is 4.36. The van der Waals surface area contributed by atoms with Crippen LogP contribution in [0.25, 0.3) is 0 Å². The van der Waals surface area contributed by atoms with Crippen LogP contribution in [0.15, 0.2) is 53.6 Å². The second-order valence-corrected chi connectivity index (χ2v) is 5.82. The van der Waals surface area contributed by atoms with Crippen LogP contribution < -0.4 is 10.7 Å². The average molecular weight is 341 g/mol. The summed E-state index contributed by atoms with van der Waals surface area (Å²) in [5.74, 6) is -1.30. The van der Waals surface area contributed by atoms with Crippen molar-refractivity contribution in [2.45, 2.75) is 26.2 Å². The fourth-order valence-corrected chi connectivity index (χ4v) is 2.09. The second-order valence-electron chi connectivity index (χ2n) is 5.82. The van der Waals surface area contributed by atoms with Crippen molar-refractivity contribution >= 4 is 23.7 Å². The van der Waals surface area contributed by atoms with Crippen molar-refractivity contribution in [3.63, 3.8) is 0 Å². The van der Waals surface area contributed by atoms with Gasteiger partial charge < -0.3 is 5.32 Å². The molecule has 0 atom stereocenters. The fraction of sp³-hybridized carbons (Fsp3) is 0.211. The summed E-state index contributed by atoms with van der Waals surface area (Å²) in [5, 5.41) is 6.15. The van der Waals surface area contributed by atoms with Crippen molar-refractivity contribution in [1.82, 2.24) is 5.43 Å². The van der Waals surface area contributed by atoms with Gasteiger partial charge in [0.25, 0.3) is 0 Å². The van der Waals surface area contributed by atoms with E-state index >= 15 is 0 Å².